The molecule has 0 saturated carbocycles. The Kier molecular flexibility index (Phi) is 8.72. The number of fused-ring (bicyclic) bond motifs is 4. The predicted octanol–water partition coefficient (Wildman–Crippen LogP) is 4.78. The summed E-state index contributed by atoms with van der Waals surface area (Å²) in [5.41, 5.74) is 3.02. The monoisotopic (exact) mass is 640 g/mol. The van der Waals surface area contributed by atoms with Crippen LogP contribution in [0.15, 0.2) is 69.9 Å². The molecule has 2 aromatic heterocycles. The van der Waals surface area contributed by atoms with E-state index < -0.39 is 0 Å². The zero-order valence-corrected chi connectivity index (χ0v) is 26.6. The Balaban J connectivity index is 1.19. The normalized spacial score (nSPS) is 16.3. The van der Waals surface area contributed by atoms with Gasteiger partial charge in [-0.3, -0.25) is 19.3 Å². The van der Waals surface area contributed by atoms with Gasteiger partial charge in [-0.1, -0.05) is 36.4 Å². The van der Waals surface area contributed by atoms with Gasteiger partial charge in [-0.15, -0.1) is 11.3 Å². The average Bonchev–Trinajstić information content (AvgIpc) is 3.48. The van der Waals surface area contributed by atoms with Crippen molar-refractivity contribution in [3.63, 3.8) is 0 Å². The number of nitrogens with one attached hydrogen (secondary N) is 1. The highest BCUT2D eigenvalue weighted by molar-refractivity contribution is 7.26. The second-order valence-electron chi connectivity index (χ2n) is 11.7. The smallest absolute Gasteiger partial charge is 0.306 e. The number of methoxy groups -OCH3 is 1. The van der Waals surface area contributed by atoms with E-state index in [4.69, 9.17) is 13.9 Å². The molecule has 2 aliphatic heterocycles. The number of morpholine rings is 1. The lowest BCUT2D eigenvalue weighted by Gasteiger charge is -2.34. The van der Waals surface area contributed by atoms with Crippen molar-refractivity contribution >= 4 is 65.9 Å². The molecule has 0 bridgehead atoms. The number of thiophene rings is 1. The predicted molar refractivity (Wildman–Crippen MR) is 182 cm³/mol. The van der Waals surface area contributed by atoms with E-state index in [0.717, 1.165) is 63.2 Å². The third-order valence-corrected chi connectivity index (χ3v) is 10.1. The lowest BCUT2D eigenvalue weighted by atomic mass is 9.99. The molecule has 0 atom stereocenters. The summed E-state index contributed by atoms with van der Waals surface area (Å²) in [5.74, 6) is 0.274. The molecule has 2 saturated heterocycles. The number of nitrogens with zero attached hydrogens (tertiary/aromatic N) is 3. The summed E-state index contributed by atoms with van der Waals surface area (Å²) >= 11 is 1.67. The van der Waals surface area contributed by atoms with E-state index in [2.05, 4.69) is 32.1 Å². The average molecular weight is 641 g/mol. The first-order valence-electron chi connectivity index (χ1n) is 15.6. The first-order valence-corrected chi connectivity index (χ1v) is 16.5. The van der Waals surface area contributed by atoms with Crippen LogP contribution in [0.2, 0.25) is 0 Å². The van der Waals surface area contributed by atoms with E-state index in [-0.39, 0.29) is 23.9 Å². The molecule has 5 aromatic rings. The molecule has 2 fully saturated rings. The minimum absolute atomic E-state index is 0.0707. The number of anilines is 2. The zero-order valence-electron chi connectivity index (χ0n) is 25.8. The SMILES string of the molecule is COC(=O)CCN1CCN(CC(=O)Nc2ccc(-c3cccc4c(=O)cc(N5CCOCC5)oc34)c3sc4ccccc4c23)CC1. The Hall–Kier alpha value is -4.29. The number of ether oxygens (including phenoxy) is 2. The van der Waals surface area contributed by atoms with Crippen LogP contribution in [0.5, 0.6) is 0 Å². The van der Waals surface area contributed by atoms with Crippen LogP contribution in [-0.2, 0) is 19.1 Å². The van der Waals surface area contributed by atoms with Crippen LogP contribution < -0.4 is 15.6 Å². The lowest BCUT2D eigenvalue weighted by molar-refractivity contribution is -0.141. The van der Waals surface area contributed by atoms with E-state index >= 15 is 0 Å². The Morgan fingerprint density at radius 2 is 1.65 bits per heavy atom. The van der Waals surface area contributed by atoms with Crippen molar-refractivity contribution in [2.45, 2.75) is 6.42 Å². The molecule has 7 rings (SSSR count). The Bertz CT molecular complexity index is 1970. The Labute approximate surface area is 270 Å². The van der Waals surface area contributed by atoms with E-state index in [1.165, 1.54) is 7.11 Å². The molecule has 0 spiro atoms. The fraction of sp³-hybridized carbons (Fsp3) is 0.343. The second-order valence-corrected chi connectivity index (χ2v) is 12.7. The van der Waals surface area contributed by atoms with E-state index in [1.54, 1.807) is 17.4 Å². The number of hydrogen-bond donors (Lipinski definition) is 1. The van der Waals surface area contributed by atoms with Gasteiger partial charge in [0.15, 0.2) is 11.3 Å². The molecular weight excluding hydrogens is 604 g/mol. The summed E-state index contributed by atoms with van der Waals surface area (Å²) in [6.07, 6.45) is 0.373. The number of benzene rings is 3. The zero-order chi connectivity index (χ0) is 31.6. The largest absolute Gasteiger partial charge is 0.469 e. The van der Waals surface area contributed by atoms with Crippen molar-refractivity contribution in [2.24, 2.45) is 0 Å². The Morgan fingerprint density at radius 3 is 2.46 bits per heavy atom. The van der Waals surface area contributed by atoms with Gasteiger partial charge in [-0.2, -0.15) is 0 Å². The number of para-hydroxylation sites is 1. The van der Waals surface area contributed by atoms with Crippen molar-refractivity contribution in [2.75, 3.05) is 82.9 Å². The minimum Gasteiger partial charge on any atom is -0.469 e. The molecule has 46 heavy (non-hydrogen) atoms. The van der Waals surface area contributed by atoms with Gasteiger partial charge in [0.1, 0.15) is 5.58 Å². The maximum absolute atomic E-state index is 13.4. The minimum atomic E-state index is -0.206. The van der Waals surface area contributed by atoms with E-state index in [1.807, 2.05) is 42.5 Å². The topological polar surface area (TPSA) is 105 Å². The van der Waals surface area contributed by atoms with Crippen LogP contribution in [-0.4, -0.2) is 94.4 Å². The van der Waals surface area contributed by atoms with Crippen LogP contribution in [0.25, 0.3) is 42.3 Å². The van der Waals surface area contributed by atoms with Crippen LogP contribution in [0.3, 0.4) is 0 Å². The molecule has 11 heteroatoms. The molecule has 4 heterocycles. The third-order valence-electron chi connectivity index (χ3n) is 8.85. The maximum Gasteiger partial charge on any atom is 0.306 e. The van der Waals surface area contributed by atoms with Crippen molar-refractivity contribution in [3.05, 3.63) is 70.9 Å². The summed E-state index contributed by atoms with van der Waals surface area (Å²) < 4.78 is 18.9. The highest BCUT2D eigenvalue weighted by Crippen LogP contribution is 2.45. The molecule has 3 aromatic carbocycles. The summed E-state index contributed by atoms with van der Waals surface area (Å²) in [6, 6.07) is 19.5. The molecule has 1 N–H and O–H groups in total. The van der Waals surface area contributed by atoms with Gasteiger partial charge in [0.05, 0.1) is 44.4 Å². The quantitative estimate of drug-likeness (QED) is 0.240. The summed E-state index contributed by atoms with van der Waals surface area (Å²) in [4.78, 5) is 44.6. The highest BCUT2D eigenvalue weighted by Gasteiger charge is 2.23. The first kappa shape index (κ1) is 30.4. The molecule has 1 amide bonds. The number of carbonyl (C=O) groups excluding carboxylic acids is 2. The number of carbonyl (C=O) groups is 2. The van der Waals surface area contributed by atoms with Crippen LogP contribution in [0, 0.1) is 0 Å². The second kappa shape index (κ2) is 13.2. The van der Waals surface area contributed by atoms with Gasteiger partial charge in [0.25, 0.3) is 0 Å². The van der Waals surface area contributed by atoms with Crippen molar-refractivity contribution in [1.82, 2.24) is 9.80 Å². The molecule has 0 aliphatic carbocycles. The highest BCUT2D eigenvalue weighted by atomic mass is 32.1. The summed E-state index contributed by atoms with van der Waals surface area (Å²) in [7, 11) is 1.41. The molecule has 0 radical (unpaired) electrons. The fourth-order valence-corrected chi connectivity index (χ4v) is 7.63. The van der Waals surface area contributed by atoms with Gasteiger partial charge in [-0.25, -0.2) is 0 Å². The lowest BCUT2D eigenvalue weighted by Crippen LogP contribution is -2.49. The van der Waals surface area contributed by atoms with Gasteiger partial charge in [0.2, 0.25) is 5.91 Å². The summed E-state index contributed by atoms with van der Waals surface area (Å²) in [6.45, 7) is 6.56. The summed E-state index contributed by atoms with van der Waals surface area (Å²) in [5, 5.41) is 5.78. The van der Waals surface area contributed by atoms with E-state index in [9.17, 15) is 14.4 Å². The van der Waals surface area contributed by atoms with Crippen LogP contribution >= 0.6 is 11.3 Å². The van der Waals surface area contributed by atoms with Crippen LogP contribution in [0.1, 0.15) is 6.42 Å². The first-order chi connectivity index (χ1) is 22.5. The number of amides is 1. The van der Waals surface area contributed by atoms with Gasteiger partial charge in [-0.05, 0) is 18.2 Å². The molecule has 238 valence electrons. The number of esters is 1. The molecular formula is C35H36N4O6S. The number of hydrogen-bond acceptors (Lipinski definition) is 10. The van der Waals surface area contributed by atoms with E-state index in [0.29, 0.717) is 56.1 Å². The van der Waals surface area contributed by atoms with Gasteiger partial charge >= 0.3 is 5.97 Å². The van der Waals surface area contributed by atoms with Gasteiger partial charge in [0, 0.05) is 83.2 Å². The van der Waals surface area contributed by atoms with Gasteiger partial charge < -0.3 is 29.0 Å². The number of piperazine rings is 1. The molecule has 2 aliphatic rings. The maximum atomic E-state index is 13.4. The Morgan fingerprint density at radius 1 is 0.891 bits per heavy atom. The molecule has 10 nitrogen and oxygen atoms in total. The van der Waals surface area contributed by atoms with Crippen molar-refractivity contribution < 1.29 is 23.5 Å². The standard InChI is InChI=1S/C35H36N4O6S/c1-43-32(42)11-12-37-13-15-38(16-14-37)22-30(41)36-27-10-9-24(35-33(27)26-5-2-3-8-29(26)46-35)23-6-4-7-25-28(40)21-31(45-34(23)25)39-17-19-44-20-18-39/h2-10,21H,11-20,22H2,1H3,(H,36,41). The number of rotatable bonds is 8. The third kappa shape index (κ3) is 6.11. The van der Waals surface area contributed by atoms with Crippen molar-refractivity contribution in [3.8, 4) is 11.1 Å². The fourth-order valence-electron chi connectivity index (χ4n) is 6.38. The van der Waals surface area contributed by atoms with Crippen molar-refractivity contribution in [1.29, 1.82) is 0 Å². The molecule has 0 unspecified atom stereocenters. The van der Waals surface area contributed by atoms with Crippen LogP contribution in [0.4, 0.5) is 11.6 Å².